The van der Waals surface area contributed by atoms with Gasteiger partial charge in [-0.2, -0.15) is 0 Å². The zero-order valence-electron chi connectivity index (χ0n) is 22.9. The first-order valence-electron chi connectivity index (χ1n) is 12.6. The number of hydrogen-bond donors (Lipinski definition) is 5. The van der Waals surface area contributed by atoms with Crippen LogP contribution >= 0.6 is 43.2 Å². The zero-order valence-corrected chi connectivity index (χ0v) is 26.9. The van der Waals surface area contributed by atoms with Crippen molar-refractivity contribution in [3.05, 3.63) is 86.4 Å². The number of pyridine rings is 1. The van der Waals surface area contributed by atoms with E-state index in [1.54, 1.807) is 18.3 Å². The van der Waals surface area contributed by atoms with Crippen LogP contribution < -0.4 is 16.4 Å². The lowest BCUT2D eigenvalue weighted by molar-refractivity contribution is 0.0685. The van der Waals surface area contributed by atoms with Gasteiger partial charge in [0.1, 0.15) is 16.4 Å². The second-order valence-electron chi connectivity index (χ2n) is 9.29. The number of nitrogens with one attached hydrogen (secondary N) is 1. The minimum absolute atomic E-state index is 0.216. The van der Waals surface area contributed by atoms with Crippen LogP contribution in [0.15, 0.2) is 75.8 Å². The molecule has 1 unspecified atom stereocenters. The number of nitrogens with two attached hydrogens (primary N) is 2. The molecule has 1 aliphatic rings. The van der Waals surface area contributed by atoms with Crippen LogP contribution in [0.5, 0.6) is 0 Å². The van der Waals surface area contributed by atoms with Crippen LogP contribution in [-0.4, -0.2) is 65.5 Å². The van der Waals surface area contributed by atoms with Crippen molar-refractivity contribution in [1.29, 1.82) is 0 Å². The molecular formula is C29H31Br2N5O5S. The van der Waals surface area contributed by atoms with Crippen LogP contribution in [-0.2, 0) is 4.74 Å². The Kier molecular flexibility index (Phi) is 12.3. The number of aromatic amines is 1. The van der Waals surface area contributed by atoms with Crippen molar-refractivity contribution in [3.8, 4) is 0 Å². The minimum Gasteiger partial charge on any atom is -0.477 e. The summed E-state index contributed by atoms with van der Waals surface area (Å²) in [7, 11) is 3.89. The predicted molar refractivity (Wildman–Crippen MR) is 176 cm³/mol. The first-order valence-corrected chi connectivity index (χ1v) is 15.0. The van der Waals surface area contributed by atoms with E-state index < -0.39 is 11.9 Å². The number of aromatic carboxylic acids is 2. The van der Waals surface area contributed by atoms with Gasteiger partial charge >= 0.3 is 11.9 Å². The van der Waals surface area contributed by atoms with Gasteiger partial charge in [0.05, 0.1) is 18.5 Å². The van der Waals surface area contributed by atoms with E-state index >= 15 is 0 Å². The van der Waals surface area contributed by atoms with Gasteiger partial charge in [0.25, 0.3) is 0 Å². The fraction of sp³-hybridized carbons (Fsp3) is 0.207. The third kappa shape index (κ3) is 10.1. The Morgan fingerprint density at radius 1 is 1.00 bits per heavy atom. The first-order chi connectivity index (χ1) is 19.9. The summed E-state index contributed by atoms with van der Waals surface area (Å²) in [4.78, 5) is 30.5. The molecule has 1 aliphatic heterocycles. The molecule has 2 aromatic carbocycles. The summed E-state index contributed by atoms with van der Waals surface area (Å²) in [6.45, 7) is 1.63. The molecule has 7 N–H and O–H groups in total. The van der Waals surface area contributed by atoms with E-state index in [4.69, 9.17) is 26.4 Å². The molecule has 3 aromatic heterocycles. The quantitative estimate of drug-likeness (QED) is 0.141. The van der Waals surface area contributed by atoms with Crippen LogP contribution in [0, 0.1) is 0 Å². The highest BCUT2D eigenvalue weighted by Crippen LogP contribution is 2.28. The summed E-state index contributed by atoms with van der Waals surface area (Å²) in [6.07, 6.45) is 2.69. The maximum absolute atomic E-state index is 10.7. The second kappa shape index (κ2) is 15.7. The van der Waals surface area contributed by atoms with Crippen molar-refractivity contribution in [2.75, 3.05) is 37.9 Å². The van der Waals surface area contributed by atoms with Crippen molar-refractivity contribution in [2.24, 2.45) is 5.73 Å². The number of anilines is 2. The molecule has 0 amide bonds. The molecule has 0 saturated carbocycles. The Balaban J connectivity index is 0.000000159. The van der Waals surface area contributed by atoms with Crippen molar-refractivity contribution in [3.63, 3.8) is 0 Å². The van der Waals surface area contributed by atoms with Crippen molar-refractivity contribution >= 4 is 87.6 Å². The molecule has 1 atom stereocenters. The number of H-pyrrole nitrogens is 1. The predicted octanol–water partition coefficient (Wildman–Crippen LogP) is 6.45. The number of fused-ring (bicyclic) bond motifs is 2. The summed E-state index contributed by atoms with van der Waals surface area (Å²) in [5.41, 5.74) is 12.6. The zero-order chi connectivity index (χ0) is 30.8. The molecular weight excluding hydrogens is 690 g/mol. The Hall–Kier alpha value is -3.49. The topological polar surface area (TPSA) is 168 Å². The fourth-order valence-electron chi connectivity index (χ4n) is 3.54. The highest BCUT2D eigenvalue weighted by atomic mass is 79.9. The van der Waals surface area contributed by atoms with Gasteiger partial charge in [0.2, 0.25) is 0 Å². The summed E-state index contributed by atoms with van der Waals surface area (Å²) in [5.74, 6) is -0.876. The molecule has 0 spiro atoms. The maximum atomic E-state index is 10.7. The van der Waals surface area contributed by atoms with Gasteiger partial charge in [0, 0.05) is 51.3 Å². The molecule has 0 radical (unpaired) electrons. The van der Waals surface area contributed by atoms with Crippen LogP contribution in [0.3, 0.4) is 0 Å². The number of rotatable bonds is 3. The Bertz CT molecular complexity index is 1540. The molecule has 10 nitrogen and oxygen atoms in total. The molecule has 0 bridgehead atoms. The van der Waals surface area contributed by atoms with E-state index in [-0.39, 0.29) is 5.69 Å². The number of carbonyl (C=O) groups is 2. The third-order valence-corrected chi connectivity index (χ3v) is 7.77. The second-order valence-corrected chi connectivity index (χ2v) is 12.2. The van der Waals surface area contributed by atoms with Gasteiger partial charge in [-0.05, 0) is 60.3 Å². The van der Waals surface area contributed by atoms with Gasteiger partial charge in [-0.1, -0.05) is 44.0 Å². The smallest absolute Gasteiger partial charge is 0.352 e. The summed E-state index contributed by atoms with van der Waals surface area (Å²) in [5, 5.41) is 19.3. The lowest BCUT2D eigenvalue weighted by Gasteiger charge is -2.09. The van der Waals surface area contributed by atoms with Crippen molar-refractivity contribution in [2.45, 2.75) is 12.5 Å². The lowest BCUT2D eigenvalue weighted by atomic mass is 10.2. The van der Waals surface area contributed by atoms with Gasteiger partial charge in [-0.3, -0.25) is 0 Å². The number of thiophene rings is 1. The number of carboxylic acids is 2. The van der Waals surface area contributed by atoms with E-state index in [2.05, 4.69) is 41.8 Å². The van der Waals surface area contributed by atoms with E-state index in [9.17, 15) is 9.59 Å². The summed E-state index contributed by atoms with van der Waals surface area (Å²) >= 11 is 7.94. The number of ether oxygens (including phenoxy) is 1. The van der Waals surface area contributed by atoms with Gasteiger partial charge in [-0.25, -0.2) is 14.6 Å². The Labute approximate surface area is 263 Å². The highest BCUT2D eigenvalue weighted by Gasteiger charge is 2.09. The van der Waals surface area contributed by atoms with E-state index in [1.807, 2.05) is 67.5 Å². The minimum atomic E-state index is -0.938. The maximum Gasteiger partial charge on any atom is 0.352 e. The first kappa shape index (κ1) is 33.0. The van der Waals surface area contributed by atoms with Crippen molar-refractivity contribution in [1.82, 2.24) is 9.97 Å². The number of nitrogen functional groups attached to an aromatic ring is 1. The molecule has 1 fully saturated rings. The molecule has 0 aliphatic carbocycles. The summed E-state index contributed by atoms with van der Waals surface area (Å²) < 4.78 is 7.82. The highest BCUT2D eigenvalue weighted by molar-refractivity contribution is 9.10. The van der Waals surface area contributed by atoms with Gasteiger partial charge < -0.3 is 36.3 Å². The Morgan fingerprint density at radius 2 is 1.69 bits per heavy atom. The summed E-state index contributed by atoms with van der Waals surface area (Å²) in [6, 6.07) is 18.7. The number of halogens is 2. The molecule has 1 saturated heterocycles. The van der Waals surface area contributed by atoms with Crippen molar-refractivity contribution < 1.29 is 24.5 Å². The lowest BCUT2D eigenvalue weighted by Crippen LogP contribution is -2.18. The average Bonchev–Trinajstić information content (AvgIpc) is 3.69. The third-order valence-electron chi connectivity index (χ3n) is 5.70. The van der Waals surface area contributed by atoms with Crippen LogP contribution in [0.25, 0.3) is 21.0 Å². The van der Waals surface area contributed by atoms with E-state index in [0.717, 1.165) is 55.4 Å². The van der Waals surface area contributed by atoms with Crippen LogP contribution in [0.2, 0.25) is 0 Å². The molecule has 4 heterocycles. The number of hydrogen-bond acceptors (Lipinski definition) is 8. The molecule has 42 heavy (non-hydrogen) atoms. The van der Waals surface area contributed by atoms with Gasteiger partial charge in [-0.15, -0.1) is 11.3 Å². The fourth-order valence-corrected chi connectivity index (χ4v) is 5.35. The Morgan fingerprint density at radius 3 is 2.21 bits per heavy atom. The molecule has 222 valence electrons. The van der Waals surface area contributed by atoms with Crippen LogP contribution in [0.1, 0.15) is 26.6 Å². The molecule has 6 rings (SSSR count). The molecule has 13 heteroatoms. The normalized spacial score (nSPS) is 13.7. The largest absolute Gasteiger partial charge is 0.477 e. The molecule has 5 aromatic rings. The average molecular weight is 721 g/mol. The van der Waals surface area contributed by atoms with E-state index in [0.29, 0.717) is 16.6 Å². The number of carboxylic acid groups (broad SMARTS) is 2. The van der Waals surface area contributed by atoms with Crippen LogP contribution in [0.4, 0.5) is 11.5 Å². The standard InChI is InChI=1S/C9H6BrNO2.C9H5BrO2S.C7H11N3.C4H9NO/c10-6-2-1-5-3-8(9(12)13)11-7(5)4-6;10-6-2-1-5-3-8(9(11)12)13-7(5)4-6;1-10(2)7-4-3-6(8)5-9-7;5-4-1-2-6-3-4/h1-4,11H,(H,12,13);1-4H,(H,11,12);3-5H,8H2,1-2H3;4H,1-3,5H2. The number of aromatic nitrogens is 2. The van der Waals surface area contributed by atoms with Gasteiger partial charge in [0.15, 0.2) is 0 Å². The number of nitrogens with zero attached hydrogens (tertiary/aromatic N) is 2. The monoisotopic (exact) mass is 719 g/mol. The van der Waals surface area contributed by atoms with E-state index in [1.165, 1.54) is 11.3 Å². The SMILES string of the molecule is CN(C)c1ccc(N)cn1.NC1CCOC1.O=C(O)c1cc2ccc(Br)cc2[nH]1.O=C(O)c1cc2ccc(Br)cc2s1. The number of benzene rings is 2.